The average molecular weight is 365 g/mol. The Morgan fingerprint density at radius 1 is 1.35 bits per heavy atom. The van der Waals surface area contributed by atoms with Crippen LogP contribution in [0.25, 0.3) is 0 Å². The van der Waals surface area contributed by atoms with Gasteiger partial charge in [-0.1, -0.05) is 25.4 Å². The van der Waals surface area contributed by atoms with Gasteiger partial charge in [0.1, 0.15) is 10.6 Å². The molecule has 1 rings (SSSR count). The lowest BCUT2D eigenvalue weighted by Gasteiger charge is -2.20. The Labute approximate surface area is 141 Å². The summed E-state index contributed by atoms with van der Waals surface area (Å²) in [5.41, 5.74) is 0. The molecule has 0 aliphatic carbocycles. The molecule has 0 fully saturated rings. The van der Waals surface area contributed by atoms with Crippen LogP contribution < -0.4 is 10.1 Å². The van der Waals surface area contributed by atoms with E-state index in [2.05, 4.69) is 5.32 Å². The van der Waals surface area contributed by atoms with Crippen molar-refractivity contribution in [1.82, 2.24) is 9.62 Å². The molecule has 0 saturated carbocycles. The number of aliphatic hydroxyl groups excluding tert-OH is 1. The number of hydrogen-bond acceptors (Lipinski definition) is 5. The van der Waals surface area contributed by atoms with Gasteiger partial charge in [-0.3, -0.25) is 4.79 Å². The van der Waals surface area contributed by atoms with E-state index in [-0.39, 0.29) is 35.4 Å². The Morgan fingerprint density at radius 3 is 2.57 bits per heavy atom. The monoisotopic (exact) mass is 364 g/mol. The third-order valence-electron chi connectivity index (χ3n) is 3.02. The predicted molar refractivity (Wildman–Crippen MR) is 87.1 cm³/mol. The molecule has 0 heterocycles. The highest BCUT2D eigenvalue weighted by Gasteiger charge is 2.26. The zero-order chi connectivity index (χ0) is 17.5. The summed E-state index contributed by atoms with van der Waals surface area (Å²) in [5, 5.41) is 11.3. The van der Waals surface area contributed by atoms with Gasteiger partial charge in [0, 0.05) is 24.7 Å². The topological polar surface area (TPSA) is 95.9 Å². The highest BCUT2D eigenvalue weighted by Crippen LogP contribution is 2.29. The van der Waals surface area contributed by atoms with E-state index < -0.39 is 15.9 Å². The second-order valence-corrected chi connectivity index (χ2v) is 6.89. The fourth-order valence-electron chi connectivity index (χ4n) is 1.89. The van der Waals surface area contributed by atoms with E-state index in [1.54, 1.807) is 13.8 Å². The fraction of sp³-hybridized carbons (Fsp3) is 0.500. The molecular formula is C14H21ClN2O5S. The van der Waals surface area contributed by atoms with Crippen LogP contribution in [0.4, 0.5) is 0 Å². The average Bonchev–Trinajstić information content (AvgIpc) is 2.52. The van der Waals surface area contributed by atoms with E-state index >= 15 is 0 Å². The molecule has 1 aromatic rings. The third kappa shape index (κ3) is 5.35. The number of sulfonamides is 1. The van der Waals surface area contributed by atoms with Gasteiger partial charge in [0.2, 0.25) is 10.0 Å². The van der Waals surface area contributed by atoms with Crippen molar-refractivity contribution in [2.24, 2.45) is 0 Å². The quantitative estimate of drug-likeness (QED) is 0.677. The Hall–Kier alpha value is -1.35. The number of rotatable bonds is 9. The van der Waals surface area contributed by atoms with Crippen molar-refractivity contribution in [3.63, 3.8) is 0 Å². The van der Waals surface area contributed by atoms with E-state index in [0.717, 1.165) is 0 Å². The molecule has 0 radical (unpaired) electrons. The Bertz CT molecular complexity index is 632. The van der Waals surface area contributed by atoms with Crippen molar-refractivity contribution in [1.29, 1.82) is 0 Å². The van der Waals surface area contributed by atoms with Gasteiger partial charge in [0.25, 0.3) is 5.91 Å². The summed E-state index contributed by atoms with van der Waals surface area (Å²) < 4.78 is 31.9. The van der Waals surface area contributed by atoms with Crippen LogP contribution in [0.1, 0.15) is 13.8 Å². The molecule has 7 nitrogen and oxygen atoms in total. The van der Waals surface area contributed by atoms with Crippen LogP contribution in [0, 0.1) is 0 Å². The SMILES string of the molecule is CCN(CC)S(=O)(=O)c1cc(Cl)ccc1OCC(=O)NCCO. The summed E-state index contributed by atoms with van der Waals surface area (Å²) in [5.74, 6) is -0.402. The Kier molecular flexibility index (Phi) is 7.77. The normalized spacial score (nSPS) is 11.5. The van der Waals surface area contributed by atoms with Crippen molar-refractivity contribution in [2.75, 3.05) is 32.8 Å². The van der Waals surface area contributed by atoms with Crippen molar-refractivity contribution >= 4 is 27.5 Å². The van der Waals surface area contributed by atoms with Crippen LogP contribution >= 0.6 is 11.6 Å². The predicted octanol–water partition coefficient (Wildman–Crippen LogP) is 0.858. The molecule has 0 spiro atoms. The number of carbonyl (C=O) groups is 1. The Balaban J connectivity index is 3.04. The summed E-state index contributed by atoms with van der Waals surface area (Å²) in [6.45, 7) is 3.64. The van der Waals surface area contributed by atoms with Gasteiger partial charge in [-0.2, -0.15) is 4.31 Å². The lowest BCUT2D eigenvalue weighted by atomic mass is 10.3. The first-order valence-corrected chi connectivity index (χ1v) is 8.98. The zero-order valence-electron chi connectivity index (χ0n) is 13.1. The smallest absolute Gasteiger partial charge is 0.258 e. The van der Waals surface area contributed by atoms with Crippen molar-refractivity contribution in [2.45, 2.75) is 18.7 Å². The van der Waals surface area contributed by atoms with E-state index in [9.17, 15) is 13.2 Å². The molecule has 0 unspecified atom stereocenters. The molecule has 130 valence electrons. The number of halogens is 1. The first kappa shape index (κ1) is 19.7. The molecule has 0 aliphatic heterocycles. The molecule has 1 aromatic carbocycles. The molecule has 23 heavy (non-hydrogen) atoms. The van der Waals surface area contributed by atoms with Crippen LogP contribution in [0.5, 0.6) is 5.75 Å². The lowest BCUT2D eigenvalue weighted by Crippen LogP contribution is -2.32. The van der Waals surface area contributed by atoms with Gasteiger partial charge in [-0.05, 0) is 18.2 Å². The van der Waals surface area contributed by atoms with Crippen LogP contribution in [0.3, 0.4) is 0 Å². The minimum atomic E-state index is -3.77. The number of amides is 1. The van der Waals surface area contributed by atoms with Gasteiger partial charge >= 0.3 is 0 Å². The minimum Gasteiger partial charge on any atom is -0.482 e. The molecule has 0 atom stereocenters. The number of hydrogen-bond donors (Lipinski definition) is 2. The fourth-order valence-corrected chi connectivity index (χ4v) is 3.75. The van der Waals surface area contributed by atoms with E-state index in [4.69, 9.17) is 21.4 Å². The molecule has 0 aromatic heterocycles. The summed E-state index contributed by atoms with van der Waals surface area (Å²) >= 11 is 5.90. The molecule has 0 saturated heterocycles. The van der Waals surface area contributed by atoms with Crippen molar-refractivity contribution < 1.29 is 23.1 Å². The second-order valence-electron chi connectivity index (χ2n) is 4.54. The van der Waals surface area contributed by atoms with Crippen molar-refractivity contribution in [3.05, 3.63) is 23.2 Å². The van der Waals surface area contributed by atoms with E-state index in [0.29, 0.717) is 13.1 Å². The standard InChI is InChI=1S/C14H21ClN2O5S/c1-3-17(4-2)23(20,21)13-9-11(15)5-6-12(13)22-10-14(19)16-7-8-18/h5-6,9,18H,3-4,7-8,10H2,1-2H3,(H,16,19). The zero-order valence-corrected chi connectivity index (χ0v) is 14.7. The van der Waals surface area contributed by atoms with Crippen LogP contribution in [0.15, 0.2) is 23.1 Å². The van der Waals surface area contributed by atoms with Gasteiger partial charge in [0.05, 0.1) is 6.61 Å². The number of benzene rings is 1. The number of nitrogens with one attached hydrogen (secondary N) is 1. The van der Waals surface area contributed by atoms with Gasteiger partial charge in [0.15, 0.2) is 6.61 Å². The van der Waals surface area contributed by atoms with E-state index in [1.165, 1.54) is 22.5 Å². The highest BCUT2D eigenvalue weighted by atomic mass is 35.5. The van der Waals surface area contributed by atoms with Crippen LogP contribution in [-0.4, -0.2) is 56.6 Å². The summed E-state index contributed by atoms with van der Waals surface area (Å²) in [4.78, 5) is 11.4. The van der Waals surface area contributed by atoms with Crippen molar-refractivity contribution in [3.8, 4) is 5.75 Å². The first-order chi connectivity index (χ1) is 10.9. The number of carbonyl (C=O) groups excluding carboxylic acids is 1. The lowest BCUT2D eigenvalue weighted by molar-refractivity contribution is -0.123. The van der Waals surface area contributed by atoms with Crippen LogP contribution in [-0.2, 0) is 14.8 Å². The van der Waals surface area contributed by atoms with Gasteiger partial charge in [-0.25, -0.2) is 8.42 Å². The largest absolute Gasteiger partial charge is 0.482 e. The first-order valence-electron chi connectivity index (χ1n) is 7.16. The molecule has 0 bridgehead atoms. The number of ether oxygens (including phenoxy) is 1. The third-order valence-corrected chi connectivity index (χ3v) is 5.33. The second kappa shape index (κ2) is 9.07. The maximum atomic E-state index is 12.6. The molecule has 0 aliphatic rings. The molecular weight excluding hydrogens is 344 g/mol. The summed E-state index contributed by atoms with van der Waals surface area (Å²) in [6, 6.07) is 4.21. The molecule has 1 amide bonds. The summed E-state index contributed by atoms with van der Waals surface area (Å²) in [7, 11) is -3.77. The molecule has 9 heteroatoms. The maximum Gasteiger partial charge on any atom is 0.258 e. The van der Waals surface area contributed by atoms with Gasteiger partial charge in [-0.15, -0.1) is 0 Å². The highest BCUT2D eigenvalue weighted by molar-refractivity contribution is 7.89. The maximum absolute atomic E-state index is 12.6. The molecule has 2 N–H and O–H groups in total. The number of aliphatic hydroxyl groups is 1. The van der Waals surface area contributed by atoms with E-state index in [1.807, 2.05) is 0 Å². The van der Waals surface area contributed by atoms with Crippen LogP contribution in [0.2, 0.25) is 5.02 Å². The summed E-state index contributed by atoms with van der Waals surface area (Å²) in [6.07, 6.45) is 0. The minimum absolute atomic E-state index is 0.0560. The van der Waals surface area contributed by atoms with Gasteiger partial charge < -0.3 is 15.2 Å². The Morgan fingerprint density at radius 2 is 2.00 bits per heavy atom. The number of nitrogens with zero attached hydrogens (tertiary/aromatic N) is 1.